The first-order valence-corrected chi connectivity index (χ1v) is 8.23. The van der Waals surface area contributed by atoms with Crippen LogP contribution in [0.1, 0.15) is 10.4 Å². The minimum absolute atomic E-state index is 0.0927. The first-order chi connectivity index (χ1) is 11.3. The van der Waals surface area contributed by atoms with Crippen molar-refractivity contribution in [3.63, 3.8) is 0 Å². The van der Waals surface area contributed by atoms with E-state index in [4.69, 9.17) is 0 Å². The lowest BCUT2D eigenvalue weighted by Gasteiger charge is -2.04. The fraction of sp³-hybridized carbons (Fsp3) is 0.0556. The van der Waals surface area contributed by atoms with E-state index in [9.17, 15) is 4.79 Å². The van der Waals surface area contributed by atoms with Crippen LogP contribution in [0.3, 0.4) is 0 Å². The minimum atomic E-state index is 0.0927. The molecule has 0 bridgehead atoms. The van der Waals surface area contributed by atoms with E-state index < -0.39 is 0 Å². The molecule has 0 atom stereocenters. The Balaban J connectivity index is 1.60. The summed E-state index contributed by atoms with van der Waals surface area (Å²) in [6, 6.07) is 15.7. The van der Waals surface area contributed by atoms with Crippen molar-refractivity contribution in [1.82, 2.24) is 15.0 Å². The number of aromatic amines is 1. The molecule has 112 valence electrons. The van der Waals surface area contributed by atoms with Gasteiger partial charge in [0.15, 0.2) is 5.78 Å². The largest absolute Gasteiger partial charge is 0.360 e. The number of nitrogens with zero attached hydrogens (tertiary/aromatic N) is 2. The van der Waals surface area contributed by atoms with Gasteiger partial charge in [0, 0.05) is 28.0 Å². The van der Waals surface area contributed by atoms with Crippen molar-refractivity contribution in [3.05, 3.63) is 66.6 Å². The molecule has 4 aromatic rings. The highest BCUT2D eigenvalue weighted by molar-refractivity contribution is 8.00. The Bertz CT molecular complexity index is 1000. The first kappa shape index (κ1) is 14.0. The third-order valence-electron chi connectivity index (χ3n) is 3.74. The molecule has 23 heavy (non-hydrogen) atoms. The molecule has 0 radical (unpaired) electrons. The van der Waals surface area contributed by atoms with Gasteiger partial charge in [-0.15, -0.1) is 0 Å². The van der Waals surface area contributed by atoms with Gasteiger partial charge in [0.1, 0.15) is 11.4 Å². The monoisotopic (exact) mass is 319 g/mol. The van der Waals surface area contributed by atoms with E-state index in [1.807, 2.05) is 48.5 Å². The Hall–Kier alpha value is -2.66. The summed E-state index contributed by atoms with van der Waals surface area (Å²) in [4.78, 5) is 24.2. The number of benzene rings is 2. The Morgan fingerprint density at radius 3 is 2.70 bits per heavy atom. The maximum Gasteiger partial charge on any atom is 0.175 e. The number of hydrogen-bond acceptors (Lipinski definition) is 4. The van der Waals surface area contributed by atoms with Crippen molar-refractivity contribution in [2.45, 2.75) is 5.03 Å². The van der Waals surface area contributed by atoms with Gasteiger partial charge in [-0.25, -0.2) is 9.97 Å². The molecule has 0 saturated carbocycles. The van der Waals surface area contributed by atoms with E-state index in [1.54, 1.807) is 12.5 Å². The van der Waals surface area contributed by atoms with Crippen LogP contribution >= 0.6 is 11.8 Å². The highest BCUT2D eigenvalue weighted by atomic mass is 32.2. The number of thioether (sulfide) groups is 1. The molecule has 0 aliphatic heterocycles. The lowest BCUT2D eigenvalue weighted by atomic mass is 10.1. The van der Waals surface area contributed by atoms with E-state index in [-0.39, 0.29) is 5.78 Å². The summed E-state index contributed by atoms with van der Waals surface area (Å²) in [7, 11) is 0. The van der Waals surface area contributed by atoms with E-state index >= 15 is 0 Å². The summed E-state index contributed by atoms with van der Waals surface area (Å²) in [6.45, 7) is 0. The van der Waals surface area contributed by atoms with Crippen LogP contribution in [0, 0.1) is 0 Å². The summed E-state index contributed by atoms with van der Waals surface area (Å²) in [5.74, 6) is 0.443. The van der Waals surface area contributed by atoms with Gasteiger partial charge in [0.05, 0.1) is 11.3 Å². The lowest BCUT2D eigenvalue weighted by Crippen LogP contribution is -2.02. The predicted octanol–water partition coefficient (Wildman–Crippen LogP) is 4.09. The highest BCUT2D eigenvalue weighted by Crippen LogP contribution is 2.26. The smallest absolute Gasteiger partial charge is 0.175 e. The van der Waals surface area contributed by atoms with Crippen molar-refractivity contribution in [2.24, 2.45) is 0 Å². The fourth-order valence-electron chi connectivity index (χ4n) is 2.61. The second kappa shape index (κ2) is 5.85. The minimum Gasteiger partial charge on any atom is -0.360 e. The second-order valence-electron chi connectivity index (χ2n) is 5.16. The number of para-hydroxylation sites is 2. The molecule has 0 amide bonds. The molecule has 4 nitrogen and oxygen atoms in total. The third kappa shape index (κ3) is 2.59. The zero-order valence-corrected chi connectivity index (χ0v) is 13.0. The molecule has 0 aliphatic rings. The quantitative estimate of drug-likeness (QED) is 0.350. The molecule has 0 unspecified atom stereocenters. The maximum absolute atomic E-state index is 12.5. The van der Waals surface area contributed by atoms with Gasteiger partial charge in [-0.05, 0) is 12.1 Å². The van der Waals surface area contributed by atoms with Gasteiger partial charge < -0.3 is 4.98 Å². The Kier molecular flexibility index (Phi) is 3.55. The summed E-state index contributed by atoms with van der Waals surface area (Å²) in [6.07, 6.45) is 3.33. The number of carbonyl (C=O) groups is 1. The molecule has 5 heteroatoms. The van der Waals surface area contributed by atoms with Crippen LogP contribution in [0.25, 0.3) is 21.8 Å². The summed E-state index contributed by atoms with van der Waals surface area (Å²) >= 11 is 1.45. The maximum atomic E-state index is 12.5. The van der Waals surface area contributed by atoms with Gasteiger partial charge in [-0.2, -0.15) is 0 Å². The number of rotatable bonds is 4. The SMILES string of the molecule is O=C(CSc1ncnc2ccccc12)c1c[nH]c2ccccc12. The third-order valence-corrected chi connectivity index (χ3v) is 4.74. The number of hydrogen-bond donors (Lipinski definition) is 1. The number of carbonyl (C=O) groups excluding carboxylic acids is 1. The van der Waals surface area contributed by atoms with Crippen LogP contribution in [0.15, 0.2) is 66.1 Å². The van der Waals surface area contributed by atoms with E-state index in [0.717, 1.165) is 32.4 Å². The number of ketones is 1. The average Bonchev–Trinajstić information content (AvgIpc) is 3.04. The molecule has 4 rings (SSSR count). The van der Waals surface area contributed by atoms with Crippen molar-refractivity contribution >= 4 is 39.4 Å². The fourth-order valence-corrected chi connectivity index (χ4v) is 3.48. The summed E-state index contributed by atoms with van der Waals surface area (Å²) in [5, 5.41) is 2.78. The predicted molar refractivity (Wildman–Crippen MR) is 92.9 cm³/mol. The van der Waals surface area contributed by atoms with Gasteiger partial charge in [-0.1, -0.05) is 48.2 Å². The average molecular weight is 319 g/mol. The number of Topliss-reactive ketones (excluding diaryl/α,β-unsaturated/α-hetero) is 1. The molecule has 0 aliphatic carbocycles. The second-order valence-corrected chi connectivity index (χ2v) is 6.12. The van der Waals surface area contributed by atoms with E-state index in [2.05, 4.69) is 15.0 Å². The van der Waals surface area contributed by atoms with Gasteiger partial charge in [0.25, 0.3) is 0 Å². The number of aromatic nitrogens is 3. The molecular formula is C18H13N3OS. The first-order valence-electron chi connectivity index (χ1n) is 7.25. The molecule has 2 aromatic carbocycles. The van der Waals surface area contributed by atoms with E-state index in [0.29, 0.717) is 5.75 Å². The van der Waals surface area contributed by atoms with Crippen LogP contribution in [-0.2, 0) is 0 Å². The lowest BCUT2D eigenvalue weighted by molar-refractivity contribution is 0.102. The number of nitrogens with one attached hydrogen (secondary N) is 1. The number of fused-ring (bicyclic) bond motifs is 2. The molecular weight excluding hydrogens is 306 g/mol. The topological polar surface area (TPSA) is 58.6 Å². The summed E-state index contributed by atoms with van der Waals surface area (Å²) < 4.78 is 0. The van der Waals surface area contributed by atoms with Crippen molar-refractivity contribution in [2.75, 3.05) is 5.75 Å². The van der Waals surface area contributed by atoms with Gasteiger partial charge in [-0.3, -0.25) is 4.79 Å². The van der Waals surface area contributed by atoms with Gasteiger partial charge in [0.2, 0.25) is 0 Å². The van der Waals surface area contributed by atoms with Crippen molar-refractivity contribution in [3.8, 4) is 0 Å². The molecule has 0 fully saturated rings. The van der Waals surface area contributed by atoms with E-state index in [1.165, 1.54) is 11.8 Å². The van der Waals surface area contributed by atoms with Crippen molar-refractivity contribution in [1.29, 1.82) is 0 Å². The van der Waals surface area contributed by atoms with Crippen LogP contribution in [-0.4, -0.2) is 26.5 Å². The zero-order valence-electron chi connectivity index (χ0n) is 12.2. The highest BCUT2D eigenvalue weighted by Gasteiger charge is 2.13. The van der Waals surface area contributed by atoms with Crippen molar-refractivity contribution < 1.29 is 4.79 Å². The number of H-pyrrole nitrogens is 1. The Morgan fingerprint density at radius 1 is 1.00 bits per heavy atom. The summed E-state index contributed by atoms with van der Waals surface area (Å²) in [5.41, 5.74) is 2.60. The molecule has 0 saturated heterocycles. The molecule has 1 N–H and O–H groups in total. The van der Waals surface area contributed by atoms with Crippen LogP contribution in [0.4, 0.5) is 0 Å². The van der Waals surface area contributed by atoms with Crippen LogP contribution < -0.4 is 0 Å². The Morgan fingerprint density at radius 2 is 1.78 bits per heavy atom. The van der Waals surface area contributed by atoms with Crippen LogP contribution in [0.2, 0.25) is 0 Å². The molecule has 2 heterocycles. The molecule has 2 aromatic heterocycles. The standard InChI is InChI=1S/C18H13N3OS/c22-17(14-9-19-15-7-3-1-5-12(14)15)10-23-18-13-6-2-4-8-16(13)20-11-21-18/h1-9,11,19H,10H2. The normalized spacial score (nSPS) is 11.1. The zero-order chi connectivity index (χ0) is 15.6. The van der Waals surface area contributed by atoms with Crippen LogP contribution in [0.5, 0.6) is 0 Å². The molecule has 0 spiro atoms. The Labute approximate surface area is 137 Å². The van der Waals surface area contributed by atoms with Gasteiger partial charge >= 0.3 is 0 Å².